The van der Waals surface area contributed by atoms with E-state index < -0.39 is 25.7 Å². The van der Waals surface area contributed by atoms with E-state index in [-0.39, 0.29) is 6.61 Å². The Morgan fingerprint density at radius 2 is 1.87 bits per heavy atom. The Labute approximate surface area is 136 Å². The van der Waals surface area contributed by atoms with Gasteiger partial charge in [-0.25, -0.2) is 4.79 Å². The van der Waals surface area contributed by atoms with E-state index >= 15 is 0 Å². The number of carbonyl (C=O) groups excluding carboxylic acids is 2. The van der Waals surface area contributed by atoms with Crippen molar-refractivity contribution in [2.24, 2.45) is 0 Å². The van der Waals surface area contributed by atoms with Gasteiger partial charge in [0.2, 0.25) is 0 Å². The summed E-state index contributed by atoms with van der Waals surface area (Å²) in [6.45, 7) is 6.02. The van der Waals surface area contributed by atoms with Gasteiger partial charge in [0.1, 0.15) is 8.07 Å². The fraction of sp³-hybridized carbons (Fsp3) is 0.312. The van der Waals surface area contributed by atoms with Crippen molar-refractivity contribution in [3.05, 3.63) is 35.9 Å². The molecule has 0 N–H and O–H groups in total. The lowest BCUT2D eigenvalue weighted by molar-refractivity contribution is -0.140. The molecule has 0 aromatic heterocycles. The molecule has 0 aliphatic rings. The van der Waals surface area contributed by atoms with E-state index in [0.29, 0.717) is 5.69 Å². The molecule has 1 aromatic rings. The smallest absolute Gasteiger partial charge is 0.444 e. The van der Waals surface area contributed by atoms with Crippen LogP contribution in [0.15, 0.2) is 30.3 Å². The van der Waals surface area contributed by atoms with Crippen LogP contribution in [0.25, 0.3) is 5.53 Å². The average molecular weight is 329 g/mol. The number of ether oxygens (including phenoxy) is 1. The van der Waals surface area contributed by atoms with Gasteiger partial charge in [-0.1, -0.05) is 43.8 Å². The number of benzene rings is 1. The van der Waals surface area contributed by atoms with Crippen LogP contribution >= 0.6 is 0 Å². The number of para-hydroxylation sites is 1. The molecule has 1 aromatic carbocycles. The molecule has 0 atom stereocenters. The first-order valence-corrected chi connectivity index (χ1v) is 10.5. The summed E-state index contributed by atoms with van der Waals surface area (Å²) in [4.78, 5) is 28.0. The third kappa shape index (κ3) is 5.91. The van der Waals surface area contributed by atoms with Gasteiger partial charge in [0.05, 0.1) is 0 Å². The van der Waals surface area contributed by atoms with Crippen LogP contribution in [-0.4, -0.2) is 44.1 Å². The van der Waals surface area contributed by atoms with Crippen LogP contribution in [0.1, 0.15) is 0 Å². The number of anilines is 1. The van der Waals surface area contributed by atoms with Gasteiger partial charge < -0.3 is 15.2 Å². The third-order valence-corrected chi connectivity index (χ3v) is 3.61. The van der Waals surface area contributed by atoms with Crippen molar-refractivity contribution in [2.75, 3.05) is 18.6 Å². The van der Waals surface area contributed by atoms with Crippen LogP contribution in [0.2, 0.25) is 19.6 Å². The second-order valence-electron chi connectivity index (χ2n) is 5.78. The second-order valence-corrected chi connectivity index (χ2v) is 10.5. The van der Waals surface area contributed by atoms with Crippen LogP contribution in [0.5, 0.6) is 0 Å². The first-order valence-electron chi connectivity index (χ1n) is 6.98. The molecule has 0 radical (unpaired) electrons. The maximum atomic E-state index is 12.2. The zero-order valence-corrected chi connectivity index (χ0v) is 14.7. The van der Waals surface area contributed by atoms with Crippen molar-refractivity contribution in [3.8, 4) is 11.5 Å². The van der Waals surface area contributed by atoms with Crippen molar-refractivity contribution in [1.29, 1.82) is 0 Å². The normalized spacial score (nSPS) is 9.91. The Kier molecular flexibility index (Phi) is 6.45. The van der Waals surface area contributed by atoms with Gasteiger partial charge in [-0.3, -0.25) is 4.79 Å². The standard InChI is InChI=1S/C16H19N3O3Si/c1-19(13-9-6-5-7-10-13)15(20)14(18-17)16(21)22-11-8-12-23(2,3)4/h5-7,9-10H,11H2,1-4H3. The Balaban J connectivity index is 2.76. The minimum Gasteiger partial charge on any atom is -0.444 e. The Morgan fingerprint density at radius 3 is 2.39 bits per heavy atom. The molecule has 0 saturated heterocycles. The van der Waals surface area contributed by atoms with Crippen LogP contribution in [0.4, 0.5) is 5.69 Å². The highest BCUT2D eigenvalue weighted by Gasteiger charge is 2.34. The van der Waals surface area contributed by atoms with Crippen LogP contribution in [0, 0.1) is 11.5 Å². The Bertz CT molecular complexity index is 693. The highest BCUT2D eigenvalue weighted by molar-refractivity contribution is 6.83. The van der Waals surface area contributed by atoms with E-state index in [4.69, 9.17) is 10.3 Å². The average Bonchev–Trinajstić information content (AvgIpc) is 2.51. The van der Waals surface area contributed by atoms with Crippen molar-refractivity contribution in [1.82, 2.24) is 0 Å². The van der Waals surface area contributed by atoms with Gasteiger partial charge in [-0.2, -0.15) is 4.79 Å². The summed E-state index contributed by atoms with van der Waals surface area (Å²) in [7, 11) is -0.0824. The zero-order valence-electron chi connectivity index (χ0n) is 13.7. The highest BCUT2D eigenvalue weighted by atomic mass is 28.3. The van der Waals surface area contributed by atoms with E-state index in [1.165, 1.54) is 11.9 Å². The molecule has 1 rings (SSSR count). The molecule has 0 heterocycles. The summed E-state index contributed by atoms with van der Waals surface area (Å²) in [6, 6.07) is 8.68. The van der Waals surface area contributed by atoms with E-state index in [0.717, 1.165) is 0 Å². The SMILES string of the molecule is CN(C(=O)C(=[N+]=[N-])C(=O)OCC#C[Si](C)(C)C)c1ccccc1. The number of rotatable bonds is 4. The predicted molar refractivity (Wildman–Crippen MR) is 90.6 cm³/mol. The van der Waals surface area contributed by atoms with Crippen LogP contribution < -0.4 is 4.90 Å². The number of nitrogens with zero attached hydrogens (tertiary/aromatic N) is 3. The molecule has 0 unspecified atom stereocenters. The lowest BCUT2D eigenvalue weighted by Gasteiger charge is -2.13. The highest BCUT2D eigenvalue weighted by Crippen LogP contribution is 2.11. The molecule has 7 heteroatoms. The first-order chi connectivity index (χ1) is 10.8. The summed E-state index contributed by atoms with van der Waals surface area (Å²) >= 11 is 0. The summed E-state index contributed by atoms with van der Waals surface area (Å²) < 4.78 is 4.87. The van der Waals surface area contributed by atoms with Gasteiger partial charge >= 0.3 is 17.6 Å². The number of amides is 1. The van der Waals surface area contributed by atoms with E-state index in [9.17, 15) is 9.59 Å². The lowest BCUT2D eigenvalue weighted by Crippen LogP contribution is -2.39. The van der Waals surface area contributed by atoms with E-state index in [2.05, 4.69) is 35.9 Å². The number of hydrogen-bond acceptors (Lipinski definition) is 3. The fourth-order valence-electron chi connectivity index (χ4n) is 1.57. The Hall–Kier alpha value is -2.68. The quantitative estimate of drug-likeness (QED) is 0.160. The van der Waals surface area contributed by atoms with Gasteiger partial charge in [0.25, 0.3) is 0 Å². The maximum absolute atomic E-state index is 12.2. The maximum Gasteiger partial charge on any atom is 0.463 e. The minimum absolute atomic E-state index is 0.148. The molecule has 0 aliphatic heterocycles. The lowest BCUT2D eigenvalue weighted by atomic mass is 10.2. The molecule has 0 spiro atoms. The molecule has 120 valence electrons. The van der Waals surface area contributed by atoms with Gasteiger partial charge in [0.15, 0.2) is 6.61 Å². The molecule has 0 saturated carbocycles. The molecular weight excluding hydrogens is 310 g/mol. The van der Waals surface area contributed by atoms with Gasteiger partial charge in [-0.15, -0.1) is 5.54 Å². The number of carbonyl (C=O) groups is 2. The molecular formula is C16H19N3O3Si. The Morgan fingerprint density at radius 1 is 1.26 bits per heavy atom. The van der Waals surface area contributed by atoms with Crippen LogP contribution in [0.3, 0.4) is 0 Å². The van der Waals surface area contributed by atoms with Crippen molar-refractivity contribution < 1.29 is 19.1 Å². The number of esters is 1. The molecule has 6 nitrogen and oxygen atoms in total. The molecule has 0 fully saturated rings. The van der Waals surface area contributed by atoms with E-state index in [1.807, 2.05) is 0 Å². The second kappa shape index (κ2) is 8.08. The first kappa shape index (κ1) is 18.4. The fourth-order valence-corrected chi connectivity index (χ4v) is 2.17. The summed E-state index contributed by atoms with van der Waals surface area (Å²) in [5.41, 5.74) is 11.9. The van der Waals surface area contributed by atoms with Crippen molar-refractivity contribution >= 4 is 31.3 Å². The summed E-state index contributed by atoms with van der Waals surface area (Å²) in [5, 5.41) is 0. The predicted octanol–water partition coefficient (Wildman–Crippen LogP) is 1.74. The molecule has 23 heavy (non-hydrogen) atoms. The topological polar surface area (TPSA) is 83.0 Å². The monoisotopic (exact) mass is 329 g/mol. The van der Waals surface area contributed by atoms with E-state index in [1.54, 1.807) is 30.3 Å². The zero-order chi connectivity index (χ0) is 17.5. The largest absolute Gasteiger partial charge is 0.463 e. The number of hydrogen-bond donors (Lipinski definition) is 0. The molecule has 1 amide bonds. The third-order valence-electron chi connectivity index (χ3n) is 2.68. The van der Waals surface area contributed by atoms with Gasteiger partial charge in [-0.05, 0) is 12.1 Å². The minimum atomic E-state index is -1.56. The van der Waals surface area contributed by atoms with Crippen molar-refractivity contribution in [2.45, 2.75) is 19.6 Å². The summed E-state index contributed by atoms with van der Waals surface area (Å²) in [6.07, 6.45) is 0. The molecule has 0 bridgehead atoms. The van der Waals surface area contributed by atoms with Crippen LogP contribution in [-0.2, 0) is 14.3 Å². The van der Waals surface area contributed by atoms with Crippen molar-refractivity contribution in [3.63, 3.8) is 0 Å². The summed E-state index contributed by atoms with van der Waals surface area (Å²) in [5.74, 6) is 0.971. The molecule has 0 aliphatic carbocycles. The van der Waals surface area contributed by atoms with Gasteiger partial charge in [0, 0.05) is 12.7 Å².